The quantitative estimate of drug-likeness (QED) is 0.211. The van der Waals surface area contributed by atoms with Gasteiger partial charge in [0.15, 0.2) is 0 Å². The highest BCUT2D eigenvalue weighted by atomic mass is 35.5. The number of esters is 1. The molecule has 1 amide bonds. The van der Waals surface area contributed by atoms with Crippen molar-refractivity contribution in [1.29, 1.82) is 0 Å². The Balaban J connectivity index is 1.68. The summed E-state index contributed by atoms with van der Waals surface area (Å²) in [4.78, 5) is 26.0. The molecule has 1 N–H and O–H groups in total. The van der Waals surface area contributed by atoms with E-state index in [0.29, 0.717) is 17.4 Å². The van der Waals surface area contributed by atoms with Crippen molar-refractivity contribution in [2.45, 2.75) is 4.90 Å². The predicted molar refractivity (Wildman–Crippen MR) is 131 cm³/mol. The van der Waals surface area contributed by atoms with Crippen LogP contribution in [0.2, 0.25) is 10.0 Å². The fraction of sp³-hybridized carbons (Fsp3) is 0.167. The number of nitrogens with one attached hydrogen (secondary N) is 1. The van der Waals surface area contributed by atoms with Crippen LogP contribution < -0.4 is 14.8 Å². The number of methoxy groups -OCH3 is 1. The van der Waals surface area contributed by atoms with Crippen molar-refractivity contribution >= 4 is 52.5 Å². The van der Waals surface area contributed by atoms with Gasteiger partial charge in [0, 0.05) is 9.92 Å². The summed E-state index contributed by atoms with van der Waals surface area (Å²) in [6.45, 7) is 0.577. The number of ether oxygens (including phenoxy) is 3. The second-order valence-corrected chi connectivity index (χ2v) is 8.32. The molecule has 172 valence electrons. The molecule has 0 aliphatic heterocycles. The monoisotopic (exact) mass is 505 g/mol. The standard InChI is InChI=1S/C24H21Cl2NO5S/c1-30-24(29)18-14-16(31-11-12-32-21-5-3-4-6-22(21)33-2)8-10-20(18)27-23(28)17-9-7-15(25)13-19(17)26/h3-10,13-14H,11-12H2,1-2H3,(H,27,28). The number of benzene rings is 3. The van der Waals surface area contributed by atoms with Crippen LogP contribution in [0.25, 0.3) is 0 Å². The number of hydrogen-bond donors (Lipinski definition) is 1. The van der Waals surface area contributed by atoms with Gasteiger partial charge in [-0.05, 0) is 54.8 Å². The van der Waals surface area contributed by atoms with Crippen LogP contribution in [0.4, 0.5) is 5.69 Å². The van der Waals surface area contributed by atoms with E-state index in [1.165, 1.54) is 25.3 Å². The first-order valence-electron chi connectivity index (χ1n) is 9.80. The van der Waals surface area contributed by atoms with Crippen molar-refractivity contribution < 1.29 is 23.8 Å². The minimum atomic E-state index is -0.622. The van der Waals surface area contributed by atoms with Crippen LogP contribution in [0.5, 0.6) is 11.5 Å². The Kier molecular flexibility index (Phi) is 8.88. The minimum absolute atomic E-state index is 0.141. The molecule has 0 atom stereocenters. The molecule has 6 nitrogen and oxygen atoms in total. The van der Waals surface area contributed by atoms with Crippen LogP contribution in [-0.2, 0) is 4.74 Å². The fourth-order valence-electron chi connectivity index (χ4n) is 2.91. The van der Waals surface area contributed by atoms with Gasteiger partial charge in [0.05, 0.1) is 28.9 Å². The maximum atomic E-state index is 12.7. The van der Waals surface area contributed by atoms with Crippen LogP contribution in [0.1, 0.15) is 20.7 Å². The van der Waals surface area contributed by atoms with Crippen molar-refractivity contribution in [2.24, 2.45) is 0 Å². The maximum Gasteiger partial charge on any atom is 0.340 e. The molecule has 3 aromatic rings. The Bertz CT molecular complexity index is 1160. The molecule has 0 unspecified atom stereocenters. The summed E-state index contributed by atoms with van der Waals surface area (Å²) in [5.74, 6) is 0.0990. The van der Waals surface area contributed by atoms with E-state index in [4.69, 9.17) is 37.4 Å². The molecule has 9 heteroatoms. The Morgan fingerprint density at radius 2 is 1.70 bits per heavy atom. The molecular formula is C24H21Cl2NO5S. The van der Waals surface area contributed by atoms with Crippen LogP contribution in [0, 0.1) is 0 Å². The highest BCUT2D eigenvalue weighted by Crippen LogP contribution is 2.28. The summed E-state index contributed by atoms with van der Waals surface area (Å²) in [7, 11) is 1.26. The van der Waals surface area contributed by atoms with Crippen molar-refractivity contribution in [3.63, 3.8) is 0 Å². The molecule has 0 aromatic heterocycles. The molecule has 0 bridgehead atoms. The zero-order chi connectivity index (χ0) is 23.8. The Morgan fingerprint density at radius 1 is 0.939 bits per heavy atom. The molecule has 33 heavy (non-hydrogen) atoms. The summed E-state index contributed by atoms with van der Waals surface area (Å²) < 4.78 is 16.4. The Morgan fingerprint density at radius 3 is 2.42 bits per heavy atom. The van der Waals surface area contributed by atoms with Gasteiger partial charge in [-0.15, -0.1) is 11.8 Å². The van der Waals surface area contributed by atoms with Gasteiger partial charge in [0.1, 0.15) is 24.7 Å². The van der Waals surface area contributed by atoms with Crippen molar-refractivity contribution in [3.05, 3.63) is 81.8 Å². The van der Waals surface area contributed by atoms with Crippen LogP contribution >= 0.6 is 35.0 Å². The van der Waals surface area contributed by atoms with Gasteiger partial charge in [-0.1, -0.05) is 35.3 Å². The molecule has 0 aliphatic carbocycles. The van der Waals surface area contributed by atoms with E-state index in [1.807, 2.05) is 30.5 Å². The average molecular weight is 506 g/mol. The van der Waals surface area contributed by atoms with Gasteiger partial charge in [0.2, 0.25) is 0 Å². The third-order valence-electron chi connectivity index (χ3n) is 4.50. The molecule has 0 heterocycles. The Labute approximate surface area is 206 Å². The lowest BCUT2D eigenvalue weighted by atomic mass is 10.1. The second-order valence-electron chi connectivity index (χ2n) is 6.63. The van der Waals surface area contributed by atoms with E-state index >= 15 is 0 Å². The molecule has 3 rings (SSSR count). The first kappa shape index (κ1) is 24.8. The van der Waals surface area contributed by atoms with E-state index in [1.54, 1.807) is 30.0 Å². The van der Waals surface area contributed by atoms with Gasteiger partial charge in [-0.2, -0.15) is 0 Å². The summed E-state index contributed by atoms with van der Waals surface area (Å²) in [5.41, 5.74) is 0.623. The Hall–Kier alpha value is -2.87. The van der Waals surface area contributed by atoms with Gasteiger partial charge < -0.3 is 19.5 Å². The number of hydrogen-bond acceptors (Lipinski definition) is 6. The largest absolute Gasteiger partial charge is 0.490 e. The molecule has 0 saturated heterocycles. The molecule has 3 aromatic carbocycles. The number of carbonyl (C=O) groups excluding carboxylic acids is 2. The number of amides is 1. The number of rotatable bonds is 9. The molecule has 0 fully saturated rings. The normalized spacial score (nSPS) is 10.4. The van der Waals surface area contributed by atoms with Crippen LogP contribution in [0.3, 0.4) is 0 Å². The topological polar surface area (TPSA) is 73.9 Å². The highest BCUT2D eigenvalue weighted by molar-refractivity contribution is 7.98. The lowest BCUT2D eigenvalue weighted by molar-refractivity contribution is 0.0601. The summed E-state index contributed by atoms with van der Waals surface area (Å²) >= 11 is 13.6. The minimum Gasteiger partial charge on any atom is -0.490 e. The van der Waals surface area contributed by atoms with E-state index in [-0.39, 0.29) is 28.4 Å². The number of thioether (sulfide) groups is 1. The van der Waals surface area contributed by atoms with Crippen molar-refractivity contribution in [1.82, 2.24) is 0 Å². The second kappa shape index (κ2) is 11.8. The first-order valence-corrected chi connectivity index (χ1v) is 11.8. The van der Waals surface area contributed by atoms with Gasteiger partial charge in [-0.25, -0.2) is 4.79 Å². The molecule has 0 radical (unpaired) electrons. The third-order valence-corrected chi connectivity index (χ3v) is 5.82. The number of anilines is 1. The predicted octanol–water partition coefficient (Wildman–Crippen LogP) is 6.21. The third kappa shape index (κ3) is 6.57. The molecular weight excluding hydrogens is 485 g/mol. The lowest BCUT2D eigenvalue weighted by Crippen LogP contribution is -2.16. The number of halogens is 2. The van der Waals surface area contributed by atoms with Crippen LogP contribution in [0.15, 0.2) is 65.6 Å². The van der Waals surface area contributed by atoms with E-state index in [9.17, 15) is 9.59 Å². The smallest absolute Gasteiger partial charge is 0.340 e. The van der Waals surface area contributed by atoms with Crippen molar-refractivity contribution in [3.8, 4) is 11.5 Å². The molecule has 0 spiro atoms. The first-order chi connectivity index (χ1) is 15.9. The summed E-state index contributed by atoms with van der Waals surface area (Å²) in [5, 5.41) is 3.29. The molecule has 0 aliphatic rings. The van der Waals surface area contributed by atoms with Crippen molar-refractivity contribution in [2.75, 3.05) is 31.9 Å². The lowest BCUT2D eigenvalue weighted by Gasteiger charge is -2.14. The van der Waals surface area contributed by atoms with E-state index in [2.05, 4.69) is 5.32 Å². The average Bonchev–Trinajstić information content (AvgIpc) is 2.82. The SMILES string of the molecule is COC(=O)c1cc(OCCOc2ccccc2SC)ccc1NC(=O)c1ccc(Cl)cc1Cl. The molecule has 0 saturated carbocycles. The zero-order valence-electron chi connectivity index (χ0n) is 17.9. The van der Waals surface area contributed by atoms with Gasteiger partial charge in [-0.3, -0.25) is 4.79 Å². The van der Waals surface area contributed by atoms with E-state index < -0.39 is 11.9 Å². The van der Waals surface area contributed by atoms with E-state index in [0.717, 1.165) is 10.6 Å². The summed E-state index contributed by atoms with van der Waals surface area (Å²) in [6.07, 6.45) is 1.98. The summed E-state index contributed by atoms with van der Waals surface area (Å²) in [6, 6.07) is 17.0. The number of para-hydroxylation sites is 1. The number of carbonyl (C=O) groups is 2. The van der Waals surface area contributed by atoms with Gasteiger partial charge >= 0.3 is 5.97 Å². The maximum absolute atomic E-state index is 12.7. The van der Waals surface area contributed by atoms with Crippen LogP contribution in [-0.4, -0.2) is 38.5 Å². The van der Waals surface area contributed by atoms with Gasteiger partial charge in [0.25, 0.3) is 5.91 Å². The fourth-order valence-corrected chi connectivity index (χ4v) is 3.95. The highest BCUT2D eigenvalue weighted by Gasteiger charge is 2.18. The zero-order valence-corrected chi connectivity index (χ0v) is 20.2.